The summed E-state index contributed by atoms with van der Waals surface area (Å²) in [5.41, 5.74) is 2.34. The van der Waals surface area contributed by atoms with Crippen LogP contribution in [0.15, 0.2) is 53.7 Å². The number of para-hydroxylation sites is 1. The maximum absolute atomic E-state index is 12.9. The van der Waals surface area contributed by atoms with E-state index in [2.05, 4.69) is 34.7 Å². The van der Waals surface area contributed by atoms with Crippen molar-refractivity contribution in [2.45, 2.75) is 58.3 Å². The van der Waals surface area contributed by atoms with Crippen LogP contribution in [0.5, 0.6) is 0 Å². The van der Waals surface area contributed by atoms with Gasteiger partial charge < -0.3 is 15.2 Å². The van der Waals surface area contributed by atoms with E-state index in [1.54, 1.807) is 24.3 Å². The Kier molecular flexibility index (Phi) is 9.34. The second-order valence-corrected chi connectivity index (χ2v) is 10.2. The van der Waals surface area contributed by atoms with Crippen LogP contribution in [0.1, 0.15) is 68.3 Å². The number of benzene rings is 2. The van der Waals surface area contributed by atoms with E-state index in [1.807, 2.05) is 49.6 Å². The molecular weight excluding hydrogens is 482 g/mol. The fraction of sp³-hybridized carbons (Fsp3) is 0.385. The molecule has 0 aliphatic rings. The maximum Gasteiger partial charge on any atom is 0.253 e. The Morgan fingerprint density at radius 2 is 1.71 bits per heavy atom. The van der Waals surface area contributed by atoms with Gasteiger partial charge >= 0.3 is 0 Å². The first-order valence-corrected chi connectivity index (χ1v) is 13.1. The van der Waals surface area contributed by atoms with Crippen molar-refractivity contribution in [1.82, 2.24) is 20.1 Å². The fourth-order valence-corrected chi connectivity index (χ4v) is 4.79. The molecule has 1 aromatic heterocycles. The van der Waals surface area contributed by atoms with Crippen molar-refractivity contribution in [3.05, 3.63) is 70.5 Å². The first kappa shape index (κ1) is 26.8. The zero-order valence-electron chi connectivity index (χ0n) is 20.7. The Labute approximate surface area is 216 Å². The third kappa shape index (κ3) is 6.64. The third-order valence-electron chi connectivity index (χ3n) is 5.60. The van der Waals surface area contributed by atoms with E-state index in [1.165, 1.54) is 11.8 Å². The van der Waals surface area contributed by atoms with Gasteiger partial charge in [-0.1, -0.05) is 81.4 Å². The summed E-state index contributed by atoms with van der Waals surface area (Å²) in [4.78, 5) is 25.6. The number of hydrogen-bond donors (Lipinski definition) is 2. The highest BCUT2D eigenvalue weighted by Gasteiger charge is 2.27. The summed E-state index contributed by atoms with van der Waals surface area (Å²) in [7, 11) is 0. The van der Waals surface area contributed by atoms with Crippen LogP contribution < -0.4 is 10.6 Å². The summed E-state index contributed by atoms with van der Waals surface area (Å²) in [5, 5.41) is 15.8. The highest BCUT2D eigenvalue weighted by Crippen LogP contribution is 2.27. The van der Waals surface area contributed by atoms with Gasteiger partial charge in [-0.25, -0.2) is 0 Å². The number of thioether (sulfide) groups is 1. The van der Waals surface area contributed by atoms with Crippen LogP contribution in [0.4, 0.5) is 5.69 Å². The molecule has 0 aliphatic heterocycles. The molecule has 0 bridgehead atoms. The van der Waals surface area contributed by atoms with E-state index >= 15 is 0 Å². The lowest BCUT2D eigenvalue weighted by Gasteiger charge is -2.22. The molecule has 0 radical (unpaired) electrons. The lowest BCUT2D eigenvalue weighted by atomic mass is 10.0. The fourth-order valence-electron chi connectivity index (χ4n) is 3.76. The Morgan fingerprint density at radius 1 is 1.03 bits per heavy atom. The Morgan fingerprint density at radius 3 is 2.37 bits per heavy atom. The number of aromatic nitrogens is 3. The summed E-state index contributed by atoms with van der Waals surface area (Å²) in [5.74, 6) is 0.836. The number of amides is 2. The van der Waals surface area contributed by atoms with Crippen molar-refractivity contribution >= 4 is 40.9 Å². The molecule has 35 heavy (non-hydrogen) atoms. The van der Waals surface area contributed by atoms with Crippen LogP contribution in [0.25, 0.3) is 0 Å². The lowest BCUT2D eigenvalue weighted by molar-refractivity contribution is -0.113. The lowest BCUT2D eigenvalue weighted by Crippen LogP contribution is -2.34. The maximum atomic E-state index is 12.9. The summed E-state index contributed by atoms with van der Waals surface area (Å²) in [6, 6.07) is 14.4. The zero-order valence-corrected chi connectivity index (χ0v) is 22.3. The van der Waals surface area contributed by atoms with Gasteiger partial charge in [0.2, 0.25) is 5.91 Å². The van der Waals surface area contributed by atoms with Gasteiger partial charge in [0, 0.05) is 12.2 Å². The molecule has 7 nitrogen and oxygen atoms in total. The van der Waals surface area contributed by atoms with Crippen LogP contribution in [0, 0.1) is 5.92 Å². The zero-order chi connectivity index (χ0) is 25.5. The van der Waals surface area contributed by atoms with Crippen LogP contribution >= 0.6 is 23.4 Å². The normalized spacial score (nSPS) is 12.1. The molecule has 0 saturated heterocycles. The van der Waals surface area contributed by atoms with Crippen molar-refractivity contribution in [2.24, 2.45) is 5.92 Å². The number of carbonyl (C=O) groups excluding carboxylic acids is 2. The second-order valence-electron chi connectivity index (χ2n) is 8.84. The Hall–Kier alpha value is -2.84. The van der Waals surface area contributed by atoms with Crippen molar-refractivity contribution in [3.8, 4) is 0 Å². The number of nitrogens with one attached hydrogen (secondary N) is 2. The van der Waals surface area contributed by atoms with Gasteiger partial charge in [-0.3, -0.25) is 9.59 Å². The van der Waals surface area contributed by atoms with Gasteiger partial charge in [0.1, 0.15) is 0 Å². The topological polar surface area (TPSA) is 88.9 Å². The van der Waals surface area contributed by atoms with E-state index in [9.17, 15) is 9.59 Å². The van der Waals surface area contributed by atoms with Crippen molar-refractivity contribution < 1.29 is 9.59 Å². The molecule has 2 amide bonds. The molecule has 1 atom stereocenters. The molecule has 0 aliphatic carbocycles. The molecule has 186 valence electrons. The van der Waals surface area contributed by atoms with Gasteiger partial charge in [0.25, 0.3) is 5.91 Å². The number of hydrogen-bond acceptors (Lipinski definition) is 5. The number of nitrogens with zero attached hydrogens (tertiary/aromatic N) is 3. The molecule has 2 N–H and O–H groups in total. The molecule has 2 aromatic carbocycles. The molecule has 3 rings (SSSR count). The number of halogens is 1. The minimum Gasteiger partial charge on any atom is -0.342 e. The molecule has 0 unspecified atom stereocenters. The van der Waals surface area contributed by atoms with Gasteiger partial charge in [0.05, 0.1) is 22.4 Å². The monoisotopic (exact) mass is 513 g/mol. The van der Waals surface area contributed by atoms with Gasteiger partial charge in [-0.15, -0.1) is 10.2 Å². The van der Waals surface area contributed by atoms with Gasteiger partial charge in [-0.05, 0) is 42.5 Å². The molecule has 3 aromatic rings. The second kappa shape index (κ2) is 12.2. The number of carbonyl (C=O) groups is 2. The smallest absolute Gasteiger partial charge is 0.253 e. The highest BCUT2D eigenvalue weighted by molar-refractivity contribution is 7.99. The quantitative estimate of drug-likeness (QED) is 0.328. The van der Waals surface area contributed by atoms with Crippen molar-refractivity contribution in [2.75, 3.05) is 11.1 Å². The van der Waals surface area contributed by atoms with Crippen LogP contribution in [0.2, 0.25) is 5.02 Å². The standard InChI is InChI=1S/C26H32ClN5O2S/c1-6-32-24(23(17(4)5)29-25(34)19-12-7-9-13-20(19)27)30-31-26(32)35-15-22(33)28-21-14-10-8-11-18(21)16(2)3/h7-14,16-17,23H,6,15H2,1-5H3,(H,28,33)(H,29,34)/t23-/m1/s1. The Balaban J connectivity index is 1.73. The highest BCUT2D eigenvalue weighted by atomic mass is 35.5. The van der Waals surface area contributed by atoms with Crippen LogP contribution in [-0.4, -0.2) is 32.3 Å². The van der Waals surface area contributed by atoms with Crippen molar-refractivity contribution in [3.63, 3.8) is 0 Å². The molecule has 9 heteroatoms. The van der Waals surface area contributed by atoms with E-state index in [0.717, 1.165) is 11.3 Å². The van der Waals surface area contributed by atoms with E-state index in [0.29, 0.717) is 34.0 Å². The average Bonchev–Trinajstić information content (AvgIpc) is 3.23. The molecular formula is C26H32ClN5O2S. The number of rotatable bonds is 10. The van der Waals surface area contributed by atoms with Crippen molar-refractivity contribution in [1.29, 1.82) is 0 Å². The van der Waals surface area contributed by atoms with Gasteiger partial charge in [0.15, 0.2) is 11.0 Å². The molecule has 0 saturated carbocycles. The predicted molar refractivity (Wildman–Crippen MR) is 142 cm³/mol. The van der Waals surface area contributed by atoms with Crippen LogP contribution in [0.3, 0.4) is 0 Å². The number of anilines is 1. The predicted octanol–water partition coefficient (Wildman–Crippen LogP) is 5.93. The first-order chi connectivity index (χ1) is 16.7. The Bertz CT molecular complexity index is 1180. The molecule has 0 fully saturated rings. The average molecular weight is 514 g/mol. The summed E-state index contributed by atoms with van der Waals surface area (Å²) < 4.78 is 1.94. The summed E-state index contributed by atoms with van der Waals surface area (Å²) in [6.45, 7) is 10.8. The summed E-state index contributed by atoms with van der Waals surface area (Å²) in [6.07, 6.45) is 0. The minimum absolute atomic E-state index is 0.0598. The largest absolute Gasteiger partial charge is 0.342 e. The van der Waals surface area contributed by atoms with Crippen LogP contribution in [-0.2, 0) is 11.3 Å². The third-order valence-corrected chi connectivity index (χ3v) is 6.90. The molecule has 0 spiro atoms. The van der Waals surface area contributed by atoms with Gasteiger partial charge in [-0.2, -0.15) is 0 Å². The summed E-state index contributed by atoms with van der Waals surface area (Å²) >= 11 is 7.54. The van der Waals surface area contributed by atoms with E-state index in [4.69, 9.17) is 11.6 Å². The SMILES string of the molecule is CCn1c(SCC(=O)Nc2ccccc2C(C)C)nnc1[C@H](NC(=O)c1ccccc1Cl)C(C)C. The van der Waals surface area contributed by atoms with E-state index < -0.39 is 0 Å². The van der Waals surface area contributed by atoms with E-state index in [-0.39, 0.29) is 29.5 Å². The molecule has 1 heterocycles. The minimum atomic E-state index is -0.368. The first-order valence-electron chi connectivity index (χ1n) is 11.7.